The number of likely N-dealkylation sites (tertiary alicyclic amines) is 1. The molecular weight excluding hydrogens is 368 g/mol. The molecule has 5 heteroatoms. The van der Waals surface area contributed by atoms with E-state index in [4.69, 9.17) is 0 Å². The molecule has 4 rings (SSSR count). The minimum Gasteiger partial charge on any atom is -0.303 e. The second-order valence-corrected chi connectivity index (χ2v) is 8.39. The van der Waals surface area contributed by atoms with Crippen molar-refractivity contribution >= 4 is 0 Å². The highest BCUT2D eigenvalue weighted by atomic mass is 19.1. The summed E-state index contributed by atoms with van der Waals surface area (Å²) >= 11 is 0. The average Bonchev–Trinajstić information content (AvgIpc) is 2.76. The van der Waals surface area contributed by atoms with Gasteiger partial charge in [0, 0.05) is 45.3 Å². The van der Waals surface area contributed by atoms with E-state index >= 15 is 0 Å². The first-order valence-electron chi connectivity index (χ1n) is 10.8. The number of hydrogen-bond donors (Lipinski definition) is 0. The first kappa shape index (κ1) is 20.5. The Bertz CT molecular complexity index is 747. The summed E-state index contributed by atoms with van der Waals surface area (Å²) in [6.07, 6.45) is 3.47. The molecule has 2 aliphatic heterocycles. The Morgan fingerprint density at radius 1 is 0.655 bits per heavy atom. The third kappa shape index (κ3) is 5.84. The Kier molecular flexibility index (Phi) is 6.90. The van der Waals surface area contributed by atoms with Gasteiger partial charge in [0.2, 0.25) is 0 Å². The predicted octanol–water partition coefficient (Wildman–Crippen LogP) is 3.79. The largest absolute Gasteiger partial charge is 0.303 e. The number of nitrogens with zero attached hydrogens (tertiary/aromatic N) is 3. The minimum atomic E-state index is -0.164. The van der Waals surface area contributed by atoms with Crippen LogP contribution in [0.25, 0.3) is 0 Å². The molecule has 29 heavy (non-hydrogen) atoms. The second-order valence-electron chi connectivity index (χ2n) is 8.39. The van der Waals surface area contributed by atoms with E-state index in [1.165, 1.54) is 24.0 Å². The van der Waals surface area contributed by atoms with E-state index in [-0.39, 0.29) is 11.6 Å². The maximum Gasteiger partial charge on any atom is 0.123 e. The van der Waals surface area contributed by atoms with Crippen molar-refractivity contribution in [3.05, 3.63) is 71.3 Å². The van der Waals surface area contributed by atoms with Gasteiger partial charge in [-0.1, -0.05) is 24.3 Å². The maximum atomic E-state index is 13.1. The Morgan fingerprint density at radius 3 is 1.79 bits per heavy atom. The van der Waals surface area contributed by atoms with Crippen LogP contribution in [0.1, 0.15) is 24.0 Å². The van der Waals surface area contributed by atoms with E-state index in [0.717, 1.165) is 58.8 Å². The molecule has 2 aromatic rings. The molecule has 3 nitrogen and oxygen atoms in total. The van der Waals surface area contributed by atoms with E-state index in [1.807, 2.05) is 24.3 Å². The van der Waals surface area contributed by atoms with Gasteiger partial charge in [-0.3, -0.25) is 9.80 Å². The van der Waals surface area contributed by atoms with Crippen molar-refractivity contribution in [2.45, 2.75) is 31.8 Å². The van der Waals surface area contributed by atoms with Crippen LogP contribution in [-0.4, -0.2) is 66.6 Å². The van der Waals surface area contributed by atoms with Crippen molar-refractivity contribution < 1.29 is 8.78 Å². The van der Waals surface area contributed by atoms with E-state index in [2.05, 4.69) is 14.7 Å². The molecule has 156 valence electrons. The highest BCUT2D eigenvalue weighted by molar-refractivity contribution is 5.17. The average molecular weight is 400 g/mol. The summed E-state index contributed by atoms with van der Waals surface area (Å²) in [5.41, 5.74) is 2.40. The molecule has 0 aliphatic carbocycles. The Balaban J connectivity index is 1.16. The molecule has 0 aromatic heterocycles. The van der Waals surface area contributed by atoms with Crippen molar-refractivity contribution in [3.8, 4) is 0 Å². The standard InChI is InChI=1S/C24H31F2N3/c25-22-5-1-20(2-6-22)9-12-27-13-10-24(11-14-27)29-17-15-28(16-18-29)19-21-3-7-23(26)8-4-21/h1-8,24H,9-19H2. The van der Waals surface area contributed by atoms with E-state index in [9.17, 15) is 8.78 Å². The van der Waals surface area contributed by atoms with Crippen LogP contribution in [0.2, 0.25) is 0 Å². The minimum absolute atomic E-state index is 0.160. The van der Waals surface area contributed by atoms with Gasteiger partial charge in [0.1, 0.15) is 11.6 Å². The lowest BCUT2D eigenvalue weighted by Gasteiger charge is -2.43. The lowest BCUT2D eigenvalue weighted by molar-refractivity contribution is 0.0569. The molecule has 2 fully saturated rings. The lowest BCUT2D eigenvalue weighted by Crippen LogP contribution is -2.53. The molecule has 0 atom stereocenters. The van der Waals surface area contributed by atoms with Crippen LogP contribution in [0.15, 0.2) is 48.5 Å². The smallest absolute Gasteiger partial charge is 0.123 e. The monoisotopic (exact) mass is 399 g/mol. The summed E-state index contributed by atoms with van der Waals surface area (Å²) in [7, 11) is 0. The van der Waals surface area contributed by atoms with Crippen molar-refractivity contribution in [2.75, 3.05) is 45.8 Å². The molecule has 0 spiro atoms. The number of halogens is 2. The van der Waals surface area contributed by atoms with Gasteiger partial charge in [-0.05, 0) is 67.7 Å². The number of benzene rings is 2. The van der Waals surface area contributed by atoms with Gasteiger partial charge in [-0.25, -0.2) is 8.78 Å². The molecule has 0 amide bonds. The molecule has 0 radical (unpaired) electrons. The van der Waals surface area contributed by atoms with Gasteiger partial charge in [-0.2, -0.15) is 0 Å². The zero-order chi connectivity index (χ0) is 20.1. The Morgan fingerprint density at radius 2 is 1.21 bits per heavy atom. The first-order chi connectivity index (χ1) is 14.2. The number of hydrogen-bond acceptors (Lipinski definition) is 3. The summed E-state index contributed by atoms with van der Waals surface area (Å²) in [4.78, 5) is 7.69. The van der Waals surface area contributed by atoms with Crippen LogP contribution in [0.5, 0.6) is 0 Å². The van der Waals surface area contributed by atoms with Crippen LogP contribution in [0.4, 0.5) is 8.78 Å². The second kappa shape index (κ2) is 9.79. The topological polar surface area (TPSA) is 9.72 Å². The highest BCUT2D eigenvalue weighted by Crippen LogP contribution is 2.19. The fraction of sp³-hybridized carbons (Fsp3) is 0.500. The number of piperidine rings is 1. The molecule has 0 N–H and O–H groups in total. The third-order valence-electron chi connectivity index (χ3n) is 6.43. The molecule has 0 unspecified atom stereocenters. The van der Waals surface area contributed by atoms with Crippen LogP contribution in [0.3, 0.4) is 0 Å². The molecule has 2 aliphatic rings. The van der Waals surface area contributed by atoms with Crippen molar-refractivity contribution in [1.29, 1.82) is 0 Å². The summed E-state index contributed by atoms with van der Waals surface area (Å²) in [6, 6.07) is 14.5. The fourth-order valence-electron chi connectivity index (χ4n) is 4.58. The molecule has 0 bridgehead atoms. The summed E-state index contributed by atoms with van der Waals surface area (Å²) in [6.45, 7) is 8.70. The maximum absolute atomic E-state index is 13.1. The Labute approximate surface area is 172 Å². The van der Waals surface area contributed by atoms with Gasteiger partial charge in [0.25, 0.3) is 0 Å². The Hall–Kier alpha value is -1.82. The van der Waals surface area contributed by atoms with Crippen LogP contribution < -0.4 is 0 Å². The SMILES string of the molecule is Fc1ccc(CCN2CCC(N3CCN(Cc4ccc(F)cc4)CC3)CC2)cc1. The van der Waals surface area contributed by atoms with Crippen LogP contribution in [0, 0.1) is 11.6 Å². The number of rotatable bonds is 6. The van der Waals surface area contributed by atoms with Gasteiger partial charge in [0.05, 0.1) is 0 Å². The van der Waals surface area contributed by atoms with Gasteiger partial charge < -0.3 is 4.90 Å². The number of piperazine rings is 1. The van der Waals surface area contributed by atoms with Crippen molar-refractivity contribution in [2.24, 2.45) is 0 Å². The highest BCUT2D eigenvalue weighted by Gasteiger charge is 2.27. The summed E-state index contributed by atoms with van der Waals surface area (Å²) in [5.74, 6) is -0.324. The van der Waals surface area contributed by atoms with E-state index in [0.29, 0.717) is 6.04 Å². The van der Waals surface area contributed by atoms with Gasteiger partial charge in [0.15, 0.2) is 0 Å². The van der Waals surface area contributed by atoms with E-state index < -0.39 is 0 Å². The van der Waals surface area contributed by atoms with Gasteiger partial charge >= 0.3 is 0 Å². The molecule has 2 saturated heterocycles. The quantitative estimate of drug-likeness (QED) is 0.732. The third-order valence-corrected chi connectivity index (χ3v) is 6.43. The van der Waals surface area contributed by atoms with E-state index in [1.54, 1.807) is 24.3 Å². The normalized spacial score (nSPS) is 20.2. The van der Waals surface area contributed by atoms with Crippen molar-refractivity contribution in [1.82, 2.24) is 14.7 Å². The summed E-state index contributed by atoms with van der Waals surface area (Å²) in [5, 5.41) is 0. The zero-order valence-corrected chi connectivity index (χ0v) is 17.1. The molecule has 2 heterocycles. The van der Waals surface area contributed by atoms with Gasteiger partial charge in [-0.15, -0.1) is 0 Å². The fourth-order valence-corrected chi connectivity index (χ4v) is 4.58. The summed E-state index contributed by atoms with van der Waals surface area (Å²) < 4.78 is 26.1. The van der Waals surface area contributed by atoms with Crippen molar-refractivity contribution in [3.63, 3.8) is 0 Å². The molecule has 2 aromatic carbocycles. The predicted molar refractivity (Wildman–Crippen MR) is 113 cm³/mol. The lowest BCUT2D eigenvalue weighted by atomic mass is 10.0. The van der Waals surface area contributed by atoms with Crippen LogP contribution >= 0.6 is 0 Å². The molecular formula is C24H31F2N3. The first-order valence-corrected chi connectivity index (χ1v) is 10.8. The molecule has 0 saturated carbocycles. The van der Waals surface area contributed by atoms with Crippen LogP contribution in [-0.2, 0) is 13.0 Å². The zero-order valence-electron chi connectivity index (χ0n) is 17.1.